The Bertz CT molecular complexity index is 8050. The number of aromatic nitrogens is 4. The van der Waals surface area contributed by atoms with Crippen molar-refractivity contribution in [1.82, 2.24) is 19.1 Å². The van der Waals surface area contributed by atoms with Gasteiger partial charge in [-0.1, -0.05) is 369 Å². The molecule has 0 saturated heterocycles. The van der Waals surface area contributed by atoms with Gasteiger partial charge < -0.3 is 28.4 Å². The van der Waals surface area contributed by atoms with E-state index in [0.29, 0.717) is 0 Å². The van der Waals surface area contributed by atoms with E-state index in [0.717, 1.165) is 68.3 Å². The first-order valence-electron chi connectivity index (χ1n) is 48.6. The van der Waals surface area contributed by atoms with E-state index in [1.807, 2.05) is 43.6 Å². The second-order valence-corrected chi connectivity index (χ2v) is 36.9. The molecule has 0 N–H and O–H groups in total. The van der Waals surface area contributed by atoms with Crippen LogP contribution in [0, 0.1) is 27.7 Å². The third-order valence-electron chi connectivity index (χ3n) is 28.4. The zero-order chi connectivity index (χ0) is 95.8. The molecule has 26 rings (SSSR count). The van der Waals surface area contributed by atoms with Gasteiger partial charge >= 0.3 is 0 Å². The van der Waals surface area contributed by atoms with Crippen LogP contribution in [-0.2, 0) is 10.8 Å². The quantitative estimate of drug-likeness (QED) is 0.0961. The first-order chi connectivity index (χ1) is 70.0. The molecule has 8 nitrogen and oxygen atoms in total. The Hall–Kier alpha value is -18.0. The van der Waals surface area contributed by atoms with Crippen LogP contribution in [-0.4, -0.2) is 33.3 Å². The van der Waals surface area contributed by atoms with Gasteiger partial charge in [-0.05, 0) is 268 Å². The lowest BCUT2D eigenvalue weighted by molar-refractivity contribution is 0.414. The maximum Gasteiger partial charge on any atom is 0.159 e. The Morgan fingerprint density at radius 2 is 0.514 bits per heavy atom. The van der Waals surface area contributed by atoms with Gasteiger partial charge in [0.05, 0.1) is 58.5 Å². The largest absolute Gasteiger partial charge is 0.497 e. The molecule has 3 heterocycles. The SMILES string of the molecule is COc1ccc(N(c2ccc(C3(c4cccc(C)c4)c4ccccc4-c4ccccc43)cc2)c2cccc3ccccc23)cc1.COc1ccc(N(c2ccc(C3(c4cccc(C)c4)c4ccccc4-c4ccccc43)cc2)c2cccc3ccccc23)cc1.Cc1ccc(-c2ccc(-n3c4ccccc4c4ccccc43)cc2)cc1.Cc1cnc(-c2ccc(-n3c4ccccc4c4ccccc43)cc2)nc1. The minimum absolute atomic E-state index is 0.428. The second kappa shape index (κ2) is 37.8. The van der Waals surface area contributed by atoms with Crippen LogP contribution in [0.1, 0.15) is 66.8 Å². The highest BCUT2D eigenvalue weighted by Gasteiger charge is 2.48. The summed E-state index contributed by atoms with van der Waals surface area (Å²) >= 11 is 0. The van der Waals surface area contributed by atoms with Crippen molar-refractivity contribution in [2.75, 3.05) is 24.0 Å². The zero-order valence-corrected chi connectivity index (χ0v) is 80.0. The molecule has 0 saturated carbocycles. The van der Waals surface area contributed by atoms with Crippen molar-refractivity contribution < 1.29 is 9.47 Å². The molecule has 142 heavy (non-hydrogen) atoms. The summed E-state index contributed by atoms with van der Waals surface area (Å²) in [6.07, 6.45) is 3.70. The minimum atomic E-state index is -0.428. The lowest BCUT2D eigenvalue weighted by Crippen LogP contribution is -2.28. The third-order valence-corrected chi connectivity index (χ3v) is 28.4. The van der Waals surface area contributed by atoms with Gasteiger partial charge in [0.2, 0.25) is 0 Å². The van der Waals surface area contributed by atoms with Crippen LogP contribution in [0.5, 0.6) is 11.5 Å². The average molecular weight is 1830 g/mol. The Morgan fingerprint density at radius 1 is 0.225 bits per heavy atom. The zero-order valence-electron chi connectivity index (χ0n) is 80.0. The molecule has 3 aromatic heterocycles. The average Bonchev–Trinajstić information content (AvgIpc) is 1.53. The van der Waals surface area contributed by atoms with E-state index in [2.05, 4.69) is 523 Å². The molecule has 2 aliphatic carbocycles. The van der Waals surface area contributed by atoms with Gasteiger partial charge in [0.1, 0.15) is 11.5 Å². The Kier molecular flexibility index (Phi) is 23.5. The fourth-order valence-corrected chi connectivity index (χ4v) is 21.9. The molecular formula is C134H102N6O2. The standard InChI is InChI=1S/2C43H33NO.C25H19N.C23H17N3/c2*1-30-11-9-14-33(29-30)43(40-18-7-5-16-38(40)39-17-6-8-19-41(39)43)32-21-23-34(24-22-32)44(35-25-27-36(45-2)28-26-35)42-20-10-13-31-12-3-4-15-37(31)42;1-18-10-12-19(13-11-18)20-14-16-21(17-15-20)26-24-8-4-2-6-22(24)23-7-3-5-9-25(23)26;1-16-14-24-23(25-15-16)17-10-12-18(13-11-17)26-21-8-4-2-6-19(21)20-7-3-5-9-22(20)26/h2*3-29H,1-2H3;2-17H,1H3;2-15H,1H3. The van der Waals surface area contributed by atoms with E-state index < -0.39 is 10.8 Å². The maximum atomic E-state index is 5.50. The summed E-state index contributed by atoms with van der Waals surface area (Å²) in [6, 6.07) is 179. The van der Waals surface area contributed by atoms with Gasteiger partial charge in [0.25, 0.3) is 0 Å². The number of ether oxygens (including phenoxy) is 2. The van der Waals surface area contributed by atoms with Crippen LogP contribution in [0.25, 0.3) is 121 Å². The number of methoxy groups -OCH3 is 2. The summed E-state index contributed by atoms with van der Waals surface area (Å²) < 4.78 is 15.7. The number of anilines is 6. The maximum absolute atomic E-state index is 5.50. The molecule has 0 fully saturated rings. The van der Waals surface area contributed by atoms with Crippen molar-refractivity contribution in [3.63, 3.8) is 0 Å². The highest BCUT2D eigenvalue weighted by Crippen LogP contribution is 2.59. The summed E-state index contributed by atoms with van der Waals surface area (Å²) in [5, 5.41) is 9.97. The summed E-state index contributed by atoms with van der Waals surface area (Å²) in [5.74, 6) is 2.43. The molecule has 0 radical (unpaired) electrons. The summed E-state index contributed by atoms with van der Waals surface area (Å²) in [6.45, 7) is 8.48. The molecule has 0 aliphatic heterocycles. The lowest BCUT2D eigenvalue weighted by atomic mass is 9.67. The van der Waals surface area contributed by atoms with Crippen molar-refractivity contribution in [2.24, 2.45) is 0 Å². The highest BCUT2D eigenvalue weighted by atomic mass is 16.5. The normalized spacial score (nSPS) is 12.3. The molecule has 0 bridgehead atoms. The molecule has 0 atom stereocenters. The van der Waals surface area contributed by atoms with Crippen molar-refractivity contribution in [3.05, 3.63) is 577 Å². The fourth-order valence-electron chi connectivity index (χ4n) is 21.9. The number of fused-ring (bicyclic) bond motifs is 14. The Labute approximate surface area is 828 Å². The molecule has 2 aliphatic rings. The number of hydrogen-bond acceptors (Lipinski definition) is 6. The molecule has 24 aromatic rings. The number of hydrogen-bond donors (Lipinski definition) is 0. The predicted octanol–water partition coefficient (Wildman–Crippen LogP) is 34.3. The highest BCUT2D eigenvalue weighted by molar-refractivity contribution is 6.11. The monoisotopic (exact) mass is 1830 g/mol. The molecule has 0 amide bonds. The number of nitrogens with zero attached hydrogens (tertiary/aromatic N) is 6. The van der Waals surface area contributed by atoms with Crippen LogP contribution in [0.3, 0.4) is 0 Å². The van der Waals surface area contributed by atoms with Gasteiger partial charge in [0.15, 0.2) is 5.82 Å². The van der Waals surface area contributed by atoms with Crippen LogP contribution in [0.4, 0.5) is 34.1 Å². The van der Waals surface area contributed by atoms with Crippen LogP contribution >= 0.6 is 0 Å². The van der Waals surface area contributed by atoms with Gasteiger partial charge in [-0.2, -0.15) is 0 Å². The number of rotatable bonds is 16. The number of benzene rings is 21. The molecule has 8 heteroatoms. The Balaban J connectivity index is 0.000000109. The van der Waals surface area contributed by atoms with Crippen LogP contribution in [0.2, 0.25) is 0 Å². The first kappa shape index (κ1) is 88.0. The first-order valence-corrected chi connectivity index (χ1v) is 48.6. The smallest absolute Gasteiger partial charge is 0.159 e. The third kappa shape index (κ3) is 15.8. The summed E-state index contributed by atoms with van der Waals surface area (Å²) in [5.41, 5.74) is 37.0. The predicted molar refractivity (Wildman–Crippen MR) is 592 cm³/mol. The molecule has 21 aromatic carbocycles. The van der Waals surface area contributed by atoms with Gasteiger partial charge in [-0.3, -0.25) is 0 Å². The van der Waals surface area contributed by atoms with Gasteiger partial charge in [0, 0.05) is 84.4 Å². The molecule has 680 valence electrons. The number of para-hydroxylation sites is 4. The van der Waals surface area contributed by atoms with Crippen LogP contribution in [0.15, 0.2) is 510 Å². The van der Waals surface area contributed by atoms with E-state index in [1.54, 1.807) is 14.2 Å². The second-order valence-electron chi connectivity index (χ2n) is 36.9. The van der Waals surface area contributed by atoms with Crippen LogP contribution < -0.4 is 19.3 Å². The molecular weight excluding hydrogens is 1730 g/mol. The van der Waals surface area contributed by atoms with Gasteiger partial charge in [-0.15, -0.1) is 0 Å². The van der Waals surface area contributed by atoms with Crippen molar-refractivity contribution in [1.29, 1.82) is 0 Å². The Morgan fingerprint density at radius 3 is 0.859 bits per heavy atom. The van der Waals surface area contributed by atoms with E-state index in [9.17, 15) is 0 Å². The van der Waals surface area contributed by atoms with Crippen molar-refractivity contribution in [2.45, 2.75) is 38.5 Å². The van der Waals surface area contributed by atoms with E-state index in [4.69, 9.17) is 9.47 Å². The van der Waals surface area contributed by atoms with Gasteiger partial charge in [-0.25, -0.2) is 9.97 Å². The van der Waals surface area contributed by atoms with E-state index >= 15 is 0 Å². The van der Waals surface area contributed by atoms with E-state index in [-0.39, 0.29) is 0 Å². The lowest BCUT2D eigenvalue weighted by Gasteiger charge is -2.35. The number of aryl methyl sites for hydroxylation is 4. The topological polar surface area (TPSA) is 60.6 Å². The molecule has 0 spiro atoms. The summed E-state index contributed by atoms with van der Waals surface area (Å²) in [7, 11) is 3.42. The van der Waals surface area contributed by atoms with Crippen molar-refractivity contribution in [3.8, 4) is 67.6 Å². The molecule has 0 unspecified atom stereocenters. The summed E-state index contributed by atoms with van der Waals surface area (Å²) in [4.78, 5) is 13.5. The minimum Gasteiger partial charge on any atom is -0.497 e. The van der Waals surface area contributed by atoms with E-state index in [1.165, 1.54) is 165 Å². The van der Waals surface area contributed by atoms with Crippen molar-refractivity contribution >= 4 is 99.3 Å². The fraction of sp³-hybridized carbons (Fsp3) is 0.0597.